The lowest BCUT2D eigenvalue weighted by molar-refractivity contribution is -0.213. The number of aliphatic hydroxyl groups is 1. The van der Waals surface area contributed by atoms with Crippen molar-refractivity contribution in [1.82, 2.24) is 4.90 Å². The number of nitrogens with two attached hydrogens (primary N) is 1. The van der Waals surface area contributed by atoms with E-state index in [0.717, 1.165) is 43.1 Å². The second-order valence-electron chi connectivity index (χ2n) is 15.8. The van der Waals surface area contributed by atoms with E-state index in [2.05, 4.69) is 0 Å². The summed E-state index contributed by atoms with van der Waals surface area (Å²) >= 11 is 0. The zero-order valence-corrected chi connectivity index (χ0v) is 26.8. The topological polar surface area (TPSA) is 145 Å². The molecule has 45 heavy (non-hydrogen) atoms. The summed E-state index contributed by atoms with van der Waals surface area (Å²) in [6.07, 6.45) is 1.72. The van der Waals surface area contributed by atoms with Gasteiger partial charge in [0.25, 0.3) is 5.91 Å². The Kier molecular flexibility index (Phi) is 6.81. The van der Waals surface area contributed by atoms with Crippen molar-refractivity contribution in [3.63, 3.8) is 0 Å². The average Bonchev–Trinajstić information content (AvgIpc) is 3.57. The van der Waals surface area contributed by atoms with E-state index in [9.17, 15) is 24.3 Å². The first kappa shape index (κ1) is 30.9. The second-order valence-corrected chi connectivity index (χ2v) is 15.8. The summed E-state index contributed by atoms with van der Waals surface area (Å²) in [6, 6.07) is 6.62. The van der Waals surface area contributed by atoms with Gasteiger partial charge in [0.05, 0.1) is 17.6 Å². The van der Waals surface area contributed by atoms with Crippen molar-refractivity contribution in [3.05, 3.63) is 35.4 Å². The lowest BCUT2D eigenvalue weighted by atomic mass is 9.51. The molecular formula is C34H43ClN2O8. The highest BCUT2D eigenvalue weighted by molar-refractivity contribution is 5.99. The Bertz CT molecular complexity index is 1430. The minimum Gasteiger partial charge on any atom is -0.461 e. The molecule has 5 saturated carbocycles. The molecule has 0 radical (unpaired) electrons. The molecule has 8 aliphatic rings. The fraction of sp³-hybridized carbons (Fsp3) is 0.706. The molecule has 3 heterocycles. The number of carbonyl (C=O) groups is 4. The molecule has 2 spiro atoms. The maximum absolute atomic E-state index is 14.8. The van der Waals surface area contributed by atoms with Crippen molar-refractivity contribution in [2.24, 2.45) is 51.6 Å². The number of ether oxygens (including phenoxy) is 3. The van der Waals surface area contributed by atoms with Crippen LogP contribution in [0.3, 0.4) is 0 Å². The molecule has 0 aromatic heterocycles. The molecule has 0 unspecified atom stereocenters. The van der Waals surface area contributed by atoms with Crippen LogP contribution in [0.25, 0.3) is 0 Å². The summed E-state index contributed by atoms with van der Waals surface area (Å²) in [7, 11) is 0. The van der Waals surface area contributed by atoms with Gasteiger partial charge in [0.2, 0.25) is 0 Å². The number of carbonyl (C=O) groups excluding carboxylic acids is 4. The third-order valence-corrected chi connectivity index (χ3v) is 13.0. The molecule has 3 saturated heterocycles. The molecule has 3 N–H and O–H groups in total. The van der Waals surface area contributed by atoms with Crippen molar-refractivity contribution in [2.45, 2.75) is 96.3 Å². The lowest BCUT2D eigenvalue weighted by Crippen LogP contribution is -2.66. The minimum atomic E-state index is -1.76. The summed E-state index contributed by atoms with van der Waals surface area (Å²) in [6.45, 7) is 6.19. The van der Waals surface area contributed by atoms with E-state index in [4.69, 9.17) is 19.9 Å². The SMILES string of the molecule is CC(C)(C)[C@]1(O)C[C@@H]2OC(=O)C[C@@]23C(=O)O[C@@H]2N(CC4C5CC6CC(C5)CC4C6)C(=O)[C@H](OC(=O)c4ccc(CN)cc4)[C@]213.Cl. The molecule has 11 heteroatoms. The predicted molar refractivity (Wildman–Crippen MR) is 161 cm³/mol. The fourth-order valence-corrected chi connectivity index (χ4v) is 11.3. The summed E-state index contributed by atoms with van der Waals surface area (Å²) in [5.41, 5.74) is 0.707. The minimum absolute atomic E-state index is 0. The van der Waals surface area contributed by atoms with Crippen molar-refractivity contribution in [3.8, 4) is 0 Å². The Labute approximate surface area is 269 Å². The van der Waals surface area contributed by atoms with Gasteiger partial charge in [-0.05, 0) is 84.8 Å². The molecule has 1 aromatic carbocycles. The Morgan fingerprint density at radius 1 is 1.02 bits per heavy atom. The normalized spacial score (nSPS) is 43.8. The van der Waals surface area contributed by atoms with Gasteiger partial charge in [-0.15, -0.1) is 12.4 Å². The number of halogens is 1. The van der Waals surface area contributed by atoms with Crippen LogP contribution >= 0.6 is 12.4 Å². The number of nitrogens with zero attached hydrogens (tertiary/aromatic N) is 1. The molecule has 1 amide bonds. The number of amides is 1. The Balaban J connectivity index is 0.00000325. The van der Waals surface area contributed by atoms with Gasteiger partial charge in [0, 0.05) is 19.5 Å². The van der Waals surface area contributed by atoms with E-state index in [1.807, 2.05) is 20.8 Å². The maximum Gasteiger partial charge on any atom is 0.338 e. The first-order valence-corrected chi connectivity index (χ1v) is 16.3. The molecule has 9 rings (SSSR count). The number of hydrogen-bond donors (Lipinski definition) is 2. The summed E-state index contributed by atoms with van der Waals surface area (Å²) in [4.78, 5) is 57.2. The highest BCUT2D eigenvalue weighted by Crippen LogP contribution is 2.76. The van der Waals surface area contributed by atoms with Crippen LogP contribution in [0.5, 0.6) is 0 Å². The number of hydrogen-bond acceptors (Lipinski definition) is 9. The van der Waals surface area contributed by atoms with E-state index in [1.54, 1.807) is 29.2 Å². The van der Waals surface area contributed by atoms with Crippen LogP contribution in [0.15, 0.2) is 24.3 Å². The molecule has 6 atom stereocenters. The van der Waals surface area contributed by atoms with Gasteiger partial charge in [-0.3, -0.25) is 14.4 Å². The van der Waals surface area contributed by atoms with Crippen molar-refractivity contribution in [2.75, 3.05) is 6.54 Å². The molecule has 5 aliphatic carbocycles. The van der Waals surface area contributed by atoms with Crippen LogP contribution in [0.2, 0.25) is 0 Å². The smallest absolute Gasteiger partial charge is 0.338 e. The van der Waals surface area contributed by atoms with Crippen molar-refractivity contribution < 1.29 is 38.5 Å². The van der Waals surface area contributed by atoms with E-state index < -0.39 is 64.1 Å². The number of rotatable bonds is 5. The third-order valence-electron chi connectivity index (χ3n) is 13.0. The van der Waals surface area contributed by atoms with Crippen molar-refractivity contribution >= 4 is 36.2 Å². The molecule has 4 bridgehead atoms. The van der Waals surface area contributed by atoms with Gasteiger partial charge in [-0.2, -0.15) is 0 Å². The van der Waals surface area contributed by atoms with E-state index in [-0.39, 0.29) is 36.7 Å². The average molecular weight is 643 g/mol. The van der Waals surface area contributed by atoms with E-state index in [0.29, 0.717) is 24.9 Å². The summed E-state index contributed by atoms with van der Waals surface area (Å²) < 4.78 is 18.1. The molecule has 244 valence electrons. The number of benzene rings is 1. The maximum atomic E-state index is 14.8. The monoisotopic (exact) mass is 642 g/mol. The van der Waals surface area contributed by atoms with Gasteiger partial charge in [0.1, 0.15) is 16.9 Å². The quantitative estimate of drug-likeness (QED) is 0.365. The van der Waals surface area contributed by atoms with Crippen LogP contribution in [0.4, 0.5) is 0 Å². The fourth-order valence-electron chi connectivity index (χ4n) is 11.3. The number of esters is 3. The molecule has 3 aliphatic heterocycles. The van der Waals surface area contributed by atoms with Crippen LogP contribution in [0, 0.1) is 45.8 Å². The van der Waals surface area contributed by atoms with Gasteiger partial charge in [-0.1, -0.05) is 32.9 Å². The molecule has 8 fully saturated rings. The van der Waals surface area contributed by atoms with Crippen LogP contribution in [0.1, 0.15) is 81.6 Å². The van der Waals surface area contributed by atoms with E-state index >= 15 is 0 Å². The Hall–Kier alpha value is -2.69. The zero-order chi connectivity index (χ0) is 31.0. The first-order chi connectivity index (χ1) is 20.8. The predicted octanol–water partition coefficient (Wildman–Crippen LogP) is 3.36. The third kappa shape index (κ3) is 3.76. The highest BCUT2D eigenvalue weighted by atomic mass is 35.5. The lowest BCUT2D eigenvalue weighted by Gasteiger charge is -2.55. The van der Waals surface area contributed by atoms with Crippen LogP contribution in [-0.4, -0.2) is 64.4 Å². The van der Waals surface area contributed by atoms with Crippen LogP contribution < -0.4 is 5.73 Å². The Morgan fingerprint density at radius 3 is 2.22 bits per heavy atom. The van der Waals surface area contributed by atoms with Crippen molar-refractivity contribution in [1.29, 1.82) is 0 Å². The van der Waals surface area contributed by atoms with Gasteiger partial charge in [-0.25, -0.2) is 4.79 Å². The van der Waals surface area contributed by atoms with E-state index in [1.165, 1.54) is 6.42 Å². The first-order valence-electron chi connectivity index (χ1n) is 16.3. The molecule has 10 nitrogen and oxygen atoms in total. The highest BCUT2D eigenvalue weighted by Gasteiger charge is 2.93. The molecule has 1 aromatic rings. The Morgan fingerprint density at radius 2 is 1.64 bits per heavy atom. The second kappa shape index (κ2) is 9.91. The summed E-state index contributed by atoms with van der Waals surface area (Å²) in [5, 5.41) is 12.9. The largest absolute Gasteiger partial charge is 0.461 e. The van der Waals surface area contributed by atoms with Gasteiger partial charge in [0.15, 0.2) is 12.3 Å². The zero-order valence-electron chi connectivity index (χ0n) is 26.0. The number of likely N-dealkylation sites (tertiary alicyclic amines) is 1. The van der Waals surface area contributed by atoms with Gasteiger partial charge >= 0.3 is 17.9 Å². The molecular weight excluding hydrogens is 600 g/mol. The van der Waals surface area contributed by atoms with Crippen LogP contribution in [-0.2, 0) is 35.1 Å². The summed E-state index contributed by atoms with van der Waals surface area (Å²) in [5.74, 6) is 0.191. The van der Waals surface area contributed by atoms with Gasteiger partial charge < -0.3 is 30.0 Å². The standard InChI is InChI=1S/C34H42N2O8.ClH/c1-31(2,3)33(41)13-24-32(14-25(37)42-24)30(40)44-29-34(32,33)26(43-28(39)20-6-4-17(15-35)5-7-20)27(38)36(29)16-23-21-9-18-8-19(11-21)12-22(23)10-18;/h4-7,18-19,21-24,26,29,41H,8-16,35H2,1-3H3;1H/t18?,19?,21?,22?,23?,24-,26-,29-,32-,33+,34+;/m0./s1.